The maximum atomic E-state index is 14.0. The number of carbonyl (C=O) groups is 1. The van der Waals surface area contributed by atoms with Gasteiger partial charge in [0.25, 0.3) is 5.91 Å². The highest BCUT2D eigenvalue weighted by Gasteiger charge is 2.38. The molecule has 0 saturated carbocycles. The average molecular weight is 395 g/mol. The summed E-state index contributed by atoms with van der Waals surface area (Å²) in [7, 11) is 1.60. The number of likely N-dealkylation sites (N-methyl/N-ethyl adjacent to an activating group) is 1. The second kappa shape index (κ2) is 7.87. The molecule has 0 radical (unpaired) electrons. The average Bonchev–Trinajstić information content (AvgIpc) is 2.69. The lowest BCUT2D eigenvalue weighted by molar-refractivity contribution is 0.0686. The van der Waals surface area contributed by atoms with Gasteiger partial charge in [0, 0.05) is 19.5 Å². The molecule has 0 spiro atoms. The Bertz CT molecular complexity index is 1100. The molecule has 150 valence electrons. The van der Waals surface area contributed by atoms with Crippen molar-refractivity contribution in [3.05, 3.63) is 93.7 Å². The first-order chi connectivity index (χ1) is 13.5. The number of aromatic nitrogens is 2. The van der Waals surface area contributed by atoms with Gasteiger partial charge in [-0.15, -0.1) is 0 Å². The molecule has 6 nitrogen and oxygen atoms in total. The predicted octanol–water partition coefficient (Wildman–Crippen LogP) is 3.18. The van der Waals surface area contributed by atoms with Gasteiger partial charge in [0.2, 0.25) is 5.43 Å². The van der Waals surface area contributed by atoms with E-state index in [1.54, 1.807) is 13.1 Å². The lowest BCUT2D eigenvalue weighted by Crippen LogP contribution is -2.45. The van der Waals surface area contributed by atoms with Crippen molar-refractivity contribution >= 4 is 5.91 Å². The molecule has 3 aromatic rings. The van der Waals surface area contributed by atoms with E-state index >= 15 is 0 Å². The Morgan fingerprint density at radius 1 is 1.10 bits per heavy atom. The molecule has 2 aromatic carbocycles. The zero-order chi connectivity index (χ0) is 19.8. The lowest BCUT2D eigenvalue weighted by Gasteiger charge is -2.37. The summed E-state index contributed by atoms with van der Waals surface area (Å²) in [5, 5.41) is 14.4. The van der Waals surface area contributed by atoms with Crippen LogP contribution >= 0.6 is 0 Å². The van der Waals surface area contributed by atoms with Crippen molar-refractivity contribution in [3.63, 3.8) is 0 Å². The summed E-state index contributed by atoms with van der Waals surface area (Å²) in [6, 6.07) is 15.3. The molecule has 1 aliphatic rings. The number of rotatable bonds is 3. The molecular formula is C22H22FN3O3. The van der Waals surface area contributed by atoms with Crippen LogP contribution in [0.3, 0.4) is 0 Å². The second-order valence-electron chi connectivity index (χ2n) is 6.85. The van der Waals surface area contributed by atoms with E-state index in [1.165, 1.54) is 21.7 Å². The van der Waals surface area contributed by atoms with Gasteiger partial charge in [-0.25, -0.2) is 4.39 Å². The van der Waals surface area contributed by atoms with Crippen LogP contribution in [0.25, 0.3) is 0 Å². The van der Waals surface area contributed by atoms with Crippen LogP contribution in [0.15, 0.2) is 65.6 Å². The Morgan fingerprint density at radius 3 is 2.48 bits per heavy atom. The Labute approximate surface area is 167 Å². The summed E-state index contributed by atoms with van der Waals surface area (Å²) in [6.07, 6.45) is 0.998. The Balaban J connectivity index is 0.00000240. The van der Waals surface area contributed by atoms with Gasteiger partial charge in [-0.05, 0) is 23.3 Å². The molecule has 7 heteroatoms. The number of amides is 1. The first kappa shape index (κ1) is 20.3. The zero-order valence-electron chi connectivity index (χ0n) is 15.1. The summed E-state index contributed by atoms with van der Waals surface area (Å²) in [4.78, 5) is 25.9. The van der Waals surface area contributed by atoms with Gasteiger partial charge in [-0.1, -0.05) is 49.9 Å². The van der Waals surface area contributed by atoms with Crippen LogP contribution in [0.4, 0.5) is 4.39 Å². The third kappa shape index (κ3) is 3.51. The van der Waals surface area contributed by atoms with Gasteiger partial charge in [0.15, 0.2) is 11.4 Å². The van der Waals surface area contributed by atoms with Gasteiger partial charge < -0.3 is 10.0 Å². The van der Waals surface area contributed by atoms with Crippen LogP contribution < -0.4 is 5.43 Å². The third-order valence-corrected chi connectivity index (χ3v) is 5.06. The van der Waals surface area contributed by atoms with Crippen molar-refractivity contribution in [2.75, 3.05) is 13.6 Å². The summed E-state index contributed by atoms with van der Waals surface area (Å²) >= 11 is 0. The quantitative estimate of drug-likeness (QED) is 0.739. The highest BCUT2D eigenvalue weighted by Crippen LogP contribution is 2.39. The number of hydrogen-bond donors (Lipinski definition) is 1. The molecule has 1 aliphatic heterocycles. The fourth-order valence-electron chi connectivity index (χ4n) is 3.77. The maximum Gasteiger partial charge on any atom is 0.275 e. The largest absolute Gasteiger partial charge is 0.502 e. The highest BCUT2D eigenvalue weighted by atomic mass is 19.1. The molecule has 1 amide bonds. The molecule has 29 heavy (non-hydrogen) atoms. The molecular weight excluding hydrogens is 373 g/mol. The number of halogens is 1. The molecule has 2 unspecified atom stereocenters. The summed E-state index contributed by atoms with van der Waals surface area (Å²) in [6.45, 7) is 0.289. The summed E-state index contributed by atoms with van der Waals surface area (Å²) < 4.78 is 15.4. The van der Waals surface area contributed by atoms with Gasteiger partial charge in [0.1, 0.15) is 5.82 Å². The molecule has 0 aliphatic carbocycles. The standard InChI is InChI=1S/C21H18FN3O3.CH4/c1-24-12-16(25-19(21(24)28)20(27)17(26)11-23-25)18(13-6-3-2-4-7-13)14-8-5-9-15(22)10-14;/h2-11,16,18,27H,12H2,1H3;1H4. The monoisotopic (exact) mass is 395 g/mol. The number of benzene rings is 2. The Kier molecular flexibility index (Phi) is 5.50. The fourth-order valence-corrected chi connectivity index (χ4v) is 3.77. The van der Waals surface area contributed by atoms with Crippen LogP contribution in [0, 0.1) is 5.82 Å². The van der Waals surface area contributed by atoms with E-state index in [4.69, 9.17) is 0 Å². The Hall–Kier alpha value is -3.48. The first-order valence-electron chi connectivity index (χ1n) is 8.84. The van der Waals surface area contributed by atoms with Crippen molar-refractivity contribution < 1.29 is 14.3 Å². The number of nitrogens with zero attached hydrogens (tertiary/aromatic N) is 3. The molecule has 0 bridgehead atoms. The van der Waals surface area contributed by atoms with Gasteiger partial charge in [-0.2, -0.15) is 5.10 Å². The minimum Gasteiger partial charge on any atom is -0.502 e. The van der Waals surface area contributed by atoms with Crippen LogP contribution in [-0.4, -0.2) is 39.3 Å². The topological polar surface area (TPSA) is 75.4 Å². The van der Waals surface area contributed by atoms with Gasteiger partial charge >= 0.3 is 0 Å². The number of fused-ring (bicyclic) bond motifs is 1. The van der Waals surface area contributed by atoms with E-state index in [-0.39, 0.29) is 31.4 Å². The van der Waals surface area contributed by atoms with E-state index in [0.29, 0.717) is 5.56 Å². The van der Waals surface area contributed by atoms with Crippen LogP contribution in [0.2, 0.25) is 0 Å². The molecule has 4 rings (SSSR count). The van der Waals surface area contributed by atoms with E-state index < -0.39 is 23.1 Å². The van der Waals surface area contributed by atoms with Crippen molar-refractivity contribution in [1.82, 2.24) is 14.7 Å². The van der Waals surface area contributed by atoms with Crippen molar-refractivity contribution in [2.24, 2.45) is 0 Å². The van der Waals surface area contributed by atoms with E-state index in [2.05, 4.69) is 5.10 Å². The number of carbonyl (C=O) groups excluding carboxylic acids is 1. The second-order valence-corrected chi connectivity index (χ2v) is 6.85. The van der Waals surface area contributed by atoms with Crippen molar-refractivity contribution in [3.8, 4) is 5.75 Å². The number of hydrogen-bond acceptors (Lipinski definition) is 4. The van der Waals surface area contributed by atoms with E-state index in [9.17, 15) is 19.1 Å². The van der Waals surface area contributed by atoms with Crippen molar-refractivity contribution in [2.45, 2.75) is 19.4 Å². The lowest BCUT2D eigenvalue weighted by atomic mass is 9.83. The number of aromatic hydroxyl groups is 1. The molecule has 1 N–H and O–H groups in total. The fraction of sp³-hybridized carbons (Fsp3) is 0.227. The normalized spacial score (nSPS) is 16.7. The minimum atomic E-state index is -0.712. The predicted molar refractivity (Wildman–Crippen MR) is 108 cm³/mol. The minimum absolute atomic E-state index is 0. The van der Waals surface area contributed by atoms with E-state index in [0.717, 1.165) is 11.8 Å². The molecule has 0 fully saturated rings. The summed E-state index contributed by atoms with van der Waals surface area (Å²) in [5.41, 5.74) is 0.760. The molecule has 2 heterocycles. The van der Waals surface area contributed by atoms with Crippen LogP contribution in [-0.2, 0) is 0 Å². The maximum absolute atomic E-state index is 14.0. The van der Waals surface area contributed by atoms with Crippen molar-refractivity contribution in [1.29, 1.82) is 0 Å². The molecule has 2 atom stereocenters. The summed E-state index contributed by atoms with van der Waals surface area (Å²) in [5.74, 6) is -1.82. The van der Waals surface area contributed by atoms with Crippen LogP contribution in [0.5, 0.6) is 5.75 Å². The first-order valence-corrected chi connectivity index (χ1v) is 8.84. The SMILES string of the molecule is C.CN1CC(C(c2ccccc2)c2cccc(F)c2)n2ncc(=O)c(O)c2C1=O. The van der Waals surface area contributed by atoms with Gasteiger partial charge in [0.05, 0.1) is 12.2 Å². The molecule has 0 saturated heterocycles. The highest BCUT2D eigenvalue weighted by molar-refractivity contribution is 5.95. The third-order valence-electron chi connectivity index (χ3n) is 5.06. The Morgan fingerprint density at radius 2 is 1.79 bits per heavy atom. The van der Waals surface area contributed by atoms with Crippen LogP contribution in [0.1, 0.15) is 41.0 Å². The zero-order valence-corrected chi connectivity index (χ0v) is 15.1. The molecule has 1 aromatic heterocycles. The van der Waals surface area contributed by atoms with E-state index in [1.807, 2.05) is 36.4 Å². The van der Waals surface area contributed by atoms with Gasteiger partial charge in [-0.3, -0.25) is 14.3 Å². The smallest absolute Gasteiger partial charge is 0.275 e.